The van der Waals surface area contributed by atoms with E-state index in [1.165, 1.54) is 6.20 Å². The number of nitrogens with two attached hydrogens (primary N) is 1. The van der Waals surface area contributed by atoms with Crippen molar-refractivity contribution in [3.8, 4) is 0 Å². The first-order valence-electron chi connectivity index (χ1n) is 5.14. The molecule has 0 saturated heterocycles. The minimum atomic E-state index is -0.0488. The van der Waals surface area contributed by atoms with Crippen LogP contribution in [0.5, 0.6) is 0 Å². The molecule has 0 radical (unpaired) electrons. The molecule has 17 heavy (non-hydrogen) atoms. The highest BCUT2D eigenvalue weighted by atomic mass is 35.5. The Kier molecular flexibility index (Phi) is 3.40. The van der Waals surface area contributed by atoms with Gasteiger partial charge in [-0.2, -0.15) is 0 Å². The average molecular weight is 247 g/mol. The lowest BCUT2D eigenvalue weighted by Crippen LogP contribution is -2.06. The van der Waals surface area contributed by atoms with Crippen molar-refractivity contribution in [2.75, 3.05) is 5.73 Å². The van der Waals surface area contributed by atoms with E-state index in [4.69, 9.17) is 17.3 Å². The predicted molar refractivity (Wildman–Crippen MR) is 68.1 cm³/mol. The number of rotatable bonds is 3. The van der Waals surface area contributed by atoms with E-state index in [1.807, 2.05) is 12.1 Å². The molecule has 86 valence electrons. The van der Waals surface area contributed by atoms with E-state index in [0.717, 1.165) is 5.56 Å². The van der Waals surface area contributed by atoms with Gasteiger partial charge in [0.2, 0.25) is 0 Å². The normalized spacial score (nSPS) is 10.2. The number of pyridine rings is 1. The molecule has 3 nitrogen and oxygen atoms in total. The predicted octanol–water partition coefficient (Wildman–Crippen LogP) is 2.74. The first kappa shape index (κ1) is 11.6. The number of nitrogen functional groups attached to an aromatic ring is 1. The number of benzene rings is 1. The van der Waals surface area contributed by atoms with E-state index in [0.29, 0.717) is 16.4 Å². The van der Waals surface area contributed by atoms with Gasteiger partial charge in [-0.15, -0.1) is 0 Å². The summed E-state index contributed by atoms with van der Waals surface area (Å²) in [5.41, 5.74) is 7.35. The minimum Gasteiger partial charge on any atom is -0.397 e. The second-order valence-electron chi connectivity index (χ2n) is 3.71. The molecule has 0 fully saturated rings. The standard InChI is InChI=1S/C13H11ClN2O/c14-10-3-1-2-9(6-10)7-13(17)12-5-4-11(15)8-16-12/h1-6,8H,7,15H2. The Bertz CT molecular complexity index is 537. The Balaban J connectivity index is 2.14. The molecule has 0 amide bonds. The van der Waals surface area contributed by atoms with Crippen LogP contribution in [0.2, 0.25) is 5.02 Å². The fourth-order valence-corrected chi connectivity index (χ4v) is 1.71. The average Bonchev–Trinajstić information content (AvgIpc) is 2.29. The number of aromatic nitrogens is 1. The molecule has 0 atom stereocenters. The molecular weight excluding hydrogens is 236 g/mol. The van der Waals surface area contributed by atoms with Crippen molar-refractivity contribution < 1.29 is 4.79 Å². The van der Waals surface area contributed by atoms with Crippen molar-refractivity contribution in [2.24, 2.45) is 0 Å². The third-order valence-corrected chi connectivity index (χ3v) is 2.56. The number of carbonyl (C=O) groups is 1. The van der Waals surface area contributed by atoms with Crippen molar-refractivity contribution in [2.45, 2.75) is 6.42 Å². The quantitative estimate of drug-likeness (QED) is 0.848. The van der Waals surface area contributed by atoms with Crippen LogP contribution in [-0.4, -0.2) is 10.8 Å². The minimum absolute atomic E-state index is 0.0488. The third kappa shape index (κ3) is 3.04. The summed E-state index contributed by atoms with van der Waals surface area (Å²) in [5.74, 6) is -0.0488. The van der Waals surface area contributed by atoms with Gasteiger partial charge in [-0.25, -0.2) is 0 Å². The van der Waals surface area contributed by atoms with Crippen molar-refractivity contribution in [1.82, 2.24) is 4.98 Å². The van der Waals surface area contributed by atoms with Gasteiger partial charge in [0, 0.05) is 11.4 Å². The number of Topliss-reactive ketones (excluding diaryl/α,β-unsaturated/α-hetero) is 1. The van der Waals surface area contributed by atoms with E-state index in [1.54, 1.807) is 24.3 Å². The fraction of sp³-hybridized carbons (Fsp3) is 0.0769. The van der Waals surface area contributed by atoms with E-state index in [2.05, 4.69) is 4.98 Å². The van der Waals surface area contributed by atoms with Gasteiger partial charge < -0.3 is 5.73 Å². The molecule has 0 aliphatic carbocycles. The van der Waals surface area contributed by atoms with E-state index in [-0.39, 0.29) is 12.2 Å². The Hall–Kier alpha value is -1.87. The van der Waals surface area contributed by atoms with Crippen molar-refractivity contribution in [3.63, 3.8) is 0 Å². The molecule has 1 aromatic carbocycles. The highest BCUT2D eigenvalue weighted by molar-refractivity contribution is 6.30. The number of halogens is 1. The maximum absolute atomic E-state index is 11.9. The largest absolute Gasteiger partial charge is 0.397 e. The number of ketones is 1. The summed E-state index contributed by atoms with van der Waals surface area (Å²) in [5, 5.41) is 0.626. The summed E-state index contributed by atoms with van der Waals surface area (Å²) >= 11 is 5.85. The van der Waals surface area contributed by atoms with Crippen LogP contribution < -0.4 is 5.73 Å². The number of hydrogen-bond donors (Lipinski definition) is 1. The van der Waals surface area contributed by atoms with Gasteiger partial charge in [0.05, 0.1) is 11.9 Å². The summed E-state index contributed by atoms with van der Waals surface area (Å²) in [6, 6.07) is 10.5. The van der Waals surface area contributed by atoms with Crippen molar-refractivity contribution in [3.05, 3.63) is 58.9 Å². The SMILES string of the molecule is Nc1ccc(C(=O)Cc2cccc(Cl)c2)nc1. The van der Waals surface area contributed by atoms with Crippen LogP contribution in [0.1, 0.15) is 16.1 Å². The summed E-state index contributed by atoms with van der Waals surface area (Å²) in [4.78, 5) is 15.9. The van der Waals surface area contributed by atoms with Crippen molar-refractivity contribution in [1.29, 1.82) is 0 Å². The molecule has 1 aromatic heterocycles. The van der Waals surface area contributed by atoms with Gasteiger partial charge >= 0.3 is 0 Å². The number of anilines is 1. The van der Waals surface area contributed by atoms with Crippen LogP contribution in [0.25, 0.3) is 0 Å². The molecule has 0 unspecified atom stereocenters. The number of carbonyl (C=O) groups excluding carboxylic acids is 1. The number of nitrogens with zero attached hydrogens (tertiary/aromatic N) is 1. The fourth-order valence-electron chi connectivity index (χ4n) is 1.49. The van der Waals surface area contributed by atoms with Crippen LogP contribution in [0.15, 0.2) is 42.6 Å². The Morgan fingerprint density at radius 2 is 2.12 bits per heavy atom. The van der Waals surface area contributed by atoms with Crippen LogP contribution in [0.3, 0.4) is 0 Å². The molecule has 1 heterocycles. The maximum atomic E-state index is 11.9. The van der Waals surface area contributed by atoms with Gasteiger partial charge in [-0.3, -0.25) is 9.78 Å². The summed E-state index contributed by atoms with van der Waals surface area (Å²) in [7, 11) is 0. The first-order chi connectivity index (χ1) is 8.15. The second kappa shape index (κ2) is 4.97. The zero-order valence-corrected chi connectivity index (χ0v) is 9.82. The van der Waals surface area contributed by atoms with Gasteiger partial charge in [0.1, 0.15) is 5.69 Å². The molecule has 0 bridgehead atoms. The van der Waals surface area contributed by atoms with Crippen LogP contribution in [-0.2, 0) is 6.42 Å². The van der Waals surface area contributed by atoms with Gasteiger partial charge in [-0.05, 0) is 29.8 Å². The third-order valence-electron chi connectivity index (χ3n) is 2.33. The molecular formula is C13H11ClN2O. The topological polar surface area (TPSA) is 56.0 Å². The summed E-state index contributed by atoms with van der Waals surface area (Å²) in [6.45, 7) is 0. The van der Waals surface area contributed by atoms with Gasteiger partial charge in [0.25, 0.3) is 0 Å². The lowest BCUT2D eigenvalue weighted by atomic mass is 10.1. The molecule has 0 saturated carbocycles. The molecule has 0 spiro atoms. The molecule has 0 aliphatic heterocycles. The zero-order valence-electron chi connectivity index (χ0n) is 9.06. The molecule has 2 aromatic rings. The lowest BCUT2D eigenvalue weighted by Gasteiger charge is -2.01. The van der Waals surface area contributed by atoms with Crippen LogP contribution >= 0.6 is 11.6 Å². The monoisotopic (exact) mass is 246 g/mol. The van der Waals surface area contributed by atoms with Crippen molar-refractivity contribution >= 4 is 23.1 Å². The van der Waals surface area contributed by atoms with Gasteiger partial charge in [-0.1, -0.05) is 23.7 Å². The van der Waals surface area contributed by atoms with E-state index in [9.17, 15) is 4.79 Å². The molecule has 2 rings (SSSR count). The molecule has 4 heteroatoms. The van der Waals surface area contributed by atoms with E-state index < -0.39 is 0 Å². The second-order valence-corrected chi connectivity index (χ2v) is 4.14. The van der Waals surface area contributed by atoms with Crippen LogP contribution in [0, 0.1) is 0 Å². The smallest absolute Gasteiger partial charge is 0.185 e. The lowest BCUT2D eigenvalue weighted by molar-refractivity contribution is 0.0988. The van der Waals surface area contributed by atoms with Crippen LogP contribution in [0.4, 0.5) is 5.69 Å². The molecule has 0 aliphatic rings. The number of hydrogen-bond acceptors (Lipinski definition) is 3. The maximum Gasteiger partial charge on any atom is 0.185 e. The van der Waals surface area contributed by atoms with Gasteiger partial charge in [0.15, 0.2) is 5.78 Å². The highest BCUT2D eigenvalue weighted by Gasteiger charge is 2.08. The molecule has 2 N–H and O–H groups in total. The summed E-state index contributed by atoms with van der Waals surface area (Å²) < 4.78 is 0. The Labute approximate surface area is 104 Å². The zero-order chi connectivity index (χ0) is 12.3. The Morgan fingerprint density at radius 1 is 1.29 bits per heavy atom. The first-order valence-corrected chi connectivity index (χ1v) is 5.52. The highest BCUT2D eigenvalue weighted by Crippen LogP contribution is 2.13. The van der Waals surface area contributed by atoms with E-state index >= 15 is 0 Å². The Morgan fingerprint density at radius 3 is 2.76 bits per heavy atom. The summed E-state index contributed by atoms with van der Waals surface area (Å²) in [6.07, 6.45) is 1.77.